The lowest BCUT2D eigenvalue weighted by Crippen LogP contribution is -2.47. The number of rotatable bonds is 5. The maximum atomic E-state index is 12.6. The predicted molar refractivity (Wildman–Crippen MR) is 141 cm³/mol. The lowest BCUT2D eigenvalue weighted by molar-refractivity contribution is 0.252. The first-order valence-corrected chi connectivity index (χ1v) is 12.6. The summed E-state index contributed by atoms with van der Waals surface area (Å²) in [5, 5.41) is 6.12. The van der Waals surface area contributed by atoms with Gasteiger partial charge in [-0.25, -0.2) is 4.79 Å². The fourth-order valence-corrected chi connectivity index (χ4v) is 5.84. The minimum atomic E-state index is -0.139. The van der Waals surface area contributed by atoms with Gasteiger partial charge in [0.05, 0.1) is 0 Å². The predicted octanol–water partition coefficient (Wildman–Crippen LogP) is 6.44. The van der Waals surface area contributed by atoms with Gasteiger partial charge in [0.25, 0.3) is 0 Å². The van der Waals surface area contributed by atoms with Crippen LogP contribution < -0.4 is 15.5 Å². The molecule has 0 saturated heterocycles. The van der Waals surface area contributed by atoms with Crippen LogP contribution in [0.5, 0.6) is 0 Å². The Morgan fingerprint density at radius 2 is 1.35 bits per heavy atom. The molecule has 5 rings (SSSR count). The molecule has 2 aliphatic rings. The Kier molecular flexibility index (Phi) is 5.85. The highest BCUT2D eigenvalue weighted by Gasteiger charge is 2.45. The van der Waals surface area contributed by atoms with Crippen molar-refractivity contribution in [2.75, 3.05) is 29.9 Å². The Hall–Kier alpha value is -3.27. The van der Waals surface area contributed by atoms with Crippen LogP contribution in [-0.2, 0) is 10.8 Å². The summed E-state index contributed by atoms with van der Waals surface area (Å²) in [4.78, 5) is 15.2. The van der Waals surface area contributed by atoms with Crippen molar-refractivity contribution in [3.05, 3.63) is 95.1 Å². The molecule has 2 N–H and O–H groups in total. The Morgan fingerprint density at radius 3 is 1.82 bits per heavy atom. The SMILES string of the molecule is CCCNC(=O)Nc1cc2c3c(c1)[C@@](C)(c1ccccc1)CCN3CC[C@@]2(C)c1ccccc1. The van der Waals surface area contributed by atoms with Crippen LogP contribution in [-0.4, -0.2) is 25.7 Å². The van der Waals surface area contributed by atoms with Crippen LogP contribution in [0, 0.1) is 0 Å². The molecule has 0 spiro atoms. The molecule has 3 aromatic rings. The van der Waals surface area contributed by atoms with Crippen LogP contribution in [0.3, 0.4) is 0 Å². The van der Waals surface area contributed by atoms with Crippen molar-refractivity contribution in [3.8, 4) is 0 Å². The smallest absolute Gasteiger partial charge is 0.319 e. The number of hydrogen-bond acceptors (Lipinski definition) is 2. The molecule has 0 aliphatic carbocycles. The van der Waals surface area contributed by atoms with Crippen LogP contribution in [0.15, 0.2) is 72.8 Å². The van der Waals surface area contributed by atoms with E-state index in [4.69, 9.17) is 0 Å². The van der Waals surface area contributed by atoms with E-state index in [9.17, 15) is 4.79 Å². The van der Waals surface area contributed by atoms with Gasteiger partial charge in [-0.3, -0.25) is 0 Å². The minimum absolute atomic E-state index is 0.117. The Morgan fingerprint density at radius 1 is 0.853 bits per heavy atom. The van der Waals surface area contributed by atoms with Gasteiger partial charge in [0.1, 0.15) is 0 Å². The largest absolute Gasteiger partial charge is 0.371 e. The summed E-state index contributed by atoms with van der Waals surface area (Å²) in [7, 11) is 0. The molecule has 2 atom stereocenters. The number of nitrogens with zero attached hydrogens (tertiary/aromatic N) is 1. The molecule has 4 heteroatoms. The average molecular weight is 454 g/mol. The van der Waals surface area contributed by atoms with Crippen molar-refractivity contribution in [3.63, 3.8) is 0 Å². The van der Waals surface area contributed by atoms with Gasteiger partial charge in [-0.1, -0.05) is 81.4 Å². The van der Waals surface area contributed by atoms with Crippen molar-refractivity contribution in [1.82, 2.24) is 5.32 Å². The summed E-state index contributed by atoms with van der Waals surface area (Å²) in [6, 6.07) is 26.0. The third-order valence-corrected chi connectivity index (χ3v) is 7.99. The van der Waals surface area contributed by atoms with E-state index in [0.717, 1.165) is 38.0 Å². The van der Waals surface area contributed by atoms with Crippen molar-refractivity contribution in [2.24, 2.45) is 0 Å². The van der Waals surface area contributed by atoms with Gasteiger partial charge in [-0.15, -0.1) is 0 Å². The summed E-state index contributed by atoms with van der Waals surface area (Å²) >= 11 is 0. The molecule has 2 heterocycles. The molecule has 0 radical (unpaired) electrons. The highest BCUT2D eigenvalue weighted by atomic mass is 16.2. The molecule has 0 unspecified atom stereocenters. The molecule has 0 aromatic heterocycles. The Balaban J connectivity index is 1.71. The summed E-state index contributed by atoms with van der Waals surface area (Å²) in [5.74, 6) is 0. The van der Waals surface area contributed by atoms with Crippen molar-refractivity contribution < 1.29 is 4.79 Å². The molecule has 34 heavy (non-hydrogen) atoms. The fraction of sp³-hybridized carbons (Fsp3) is 0.367. The normalized spacial score (nSPS) is 23.2. The average Bonchev–Trinajstić information content (AvgIpc) is 2.87. The van der Waals surface area contributed by atoms with Crippen LogP contribution in [0.1, 0.15) is 62.3 Å². The monoisotopic (exact) mass is 453 g/mol. The number of benzene rings is 3. The van der Waals surface area contributed by atoms with Gasteiger partial charge in [0, 0.05) is 41.8 Å². The lowest BCUT2D eigenvalue weighted by atomic mass is 9.64. The highest BCUT2D eigenvalue weighted by Crippen LogP contribution is 2.54. The number of carbonyl (C=O) groups is 1. The van der Waals surface area contributed by atoms with Gasteiger partial charge in [0.15, 0.2) is 0 Å². The highest BCUT2D eigenvalue weighted by molar-refractivity contribution is 5.90. The van der Waals surface area contributed by atoms with Crippen LogP contribution >= 0.6 is 0 Å². The van der Waals surface area contributed by atoms with Gasteiger partial charge in [-0.05, 0) is 53.6 Å². The first-order chi connectivity index (χ1) is 16.5. The summed E-state index contributed by atoms with van der Waals surface area (Å²) in [5.41, 5.74) is 7.28. The molecule has 0 bridgehead atoms. The molecule has 4 nitrogen and oxygen atoms in total. The van der Waals surface area contributed by atoms with Crippen LogP contribution in [0.4, 0.5) is 16.2 Å². The molecular weight excluding hydrogens is 418 g/mol. The molecule has 0 saturated carbocycles. The molecule has 2 aliphatic heterocycles. The van der Waals surface area contributed by atoms with E-state index in [-0.39, 0.29) is 16.9 Å². The van der Waals surface area contributed by atoms with Gasteiger partial charge < -0.3 is 15.5 Å². The number of nitrogens with one attached hydrogen (secondary N) is 2. The second kappa shape index (κ2) is 8.83. The molecule has 2 amide bonds. The number of amides is 2. The second-order valence-electron chi connectivity index (χ2n) is 10.2. The zero-order valence-corrected chi connectivity index (χ0v) is 20.5. The maximum absolute atomic E-state index is 12.6. The molecule has 0 fully saturated rings. The molecule has 3 aromatic carbocycles. The number of anilines is 2. The van der Waals surface area contributed by atoms with E-state index in [1.807, 2.05) is 0 Å². The fourth-order valence-electron chi connectivity index (χ4n) is 5.84. The van der Waals surface area contributed by atoms with E-state index in [1.54, 1.807) is 0 Å². The van der Waals surface area contributed by atoms with Crippen LogP contribution in [0.25, 0.3) is 0 Å². The maximum Gasteiger partial charge on any atom is 0.319 e. The quantitative estimate of drug-likeness (QED) is 0.467. The van der Waals surface area contributed by atoms with Crippen molar-refractivity contribution in [1.29, 1.82) is 0 Å². The van der Waals surface area contributed by atoms with E-state index in [1.165, 1.54) is 27.9 Å². The van der Waals surface area contributed by atoms with E-state index in [2.05, 4.69) is 109 Å². The zero-order valence-electron chi connectivity index (χ0n) is 20.5. The van der Waals surface area contributed by atoms with E-state index in [0.29, 0.717) is 6.54 Å². The summed E-state index contributed by atoms with van der Waals surface area (Å²) in [6.07, 6.45) is 3.02. The third-order valence-electron chi connectivity index (χ3n) is 7.99. The van der Waals surface area contributed by atoms with Crippen molar-refractivity contribution in [2.45, 2.75) is 50.9 Å². The van der Waals surface area contributed by atoms with Gasteiger partial charge in [0.2, 0.25) is 0 Å². The molecular formula is C30H35N3O. The lowest BCUT2D eigenvalue weighted by Gasteiger charge is -2.50. The topological polar surface area (TPSA) is 44.4 Å². The number of hydrogen-bond donors (Lipinski definition) is 2. The van der Waals surface area contributed by atoms with E-state index < -0.39 is 0 Å². The first kappa shape index (κ1) is 22.5. The minimum Gasteiger partial charge on any atom is -0.371 e. The molecule has 176 valence electrons. The second-order valence-corrected chi connectivity index (χ2v) is 10.2. The Labute approximate surface area is 203 Å². The first-order valence-electron chi connectivity index (χ1n) is 12.6. The standard InChI is InChI=1S/C30H35N3O/c1-4-17-31-28(34)32-24-20-25-27-26(21-24)30(3,23-13-9-6-10-14-23)16-19-33(27)18-15-29(25,2)22-11-7-5-8-12-22/h5-14,20-21H,4,15-19H2,1-3H3,(H2,31,32,34)/t29-,30+. The Bertz CT molecular complexity index is 1100. The van der Waals surface area contributed by atoms with Gasteiger partial charge >= 0.3 is 6.03 Å². The van der Waals surface area contributed by atoms with E-state index >= 15 is 0 Å². The number of carbonyl (C=O) groups excluding carboxylic acids is 1. The number of urea groups is 1. The third kappa shape index (κ3) is 3.75. The van der Waals surface area contributed by atoms with Crippen molar-refractivity contribution >= 4 is 17.4 Å². The summed E-state index contributed by atoms with van der Waals surface area (Å²) < 4.78 is 0. The van der Waals surface area contributed by atoms with Crippen LogP contribution in [0.2, 0.25) is 0 Å². The van der Waals surface area contributed by atoms with Gasteiger partial charge in [-0.2, -0.15) is 0 Å². The summed E-state index contributed by atoms with van der Waals surface area (Å²) in [6.45, 7) is 9.55. The zero-order chi connectivity index (χ0) is 23.8.